The molecule has 9 heteroatoms. The number of aliphatic imine (C=N–C) groups is 1. The molecular formula is C22H24FN5O2S. The lowest BCUT2D eigenvalue weighted by Crippen LogP contribution is -2.29. The molecule has 0 radical (unpaired) electrons. The monoisotopic (exact) mass is 441 g/mol. The highest BCUT2D eigenvalue weighted by atomic mass is 32.1. The van der Waals surface area contributed by atoms with Crippen LogP contribution < -0.4 is 22.3 Å². The molecule has 2 aromatic carbocycles. The van der Waals surface area contributed by atoms with Crippen molar-refractivity contribution in [2.75, 3.05) is 11.2 Å². The number of nitrogens with one attached hydrogen (secondary N) is 2. The third-order valence-electron chi connectivity index (χ3n) is 4.17. The van der Waals surface area contributed by atoms with Gasteiger partial charge in [-0.1, -0.05) is 48.9 Å². The first-order valence-corrected chi connectivity index (χ1v) is 10.2. The van der Waals surface area contributed by atoms with Crippen LogP contribution in [-0.4, -0.2) is 18.2 Å². The lowest BCUT2D eigenvalue weighted by atomic mass is 10.1. The molecule has 7 nitrogen and oxygen atoms in total. The highest BCUT2D eigenvalue weighted by Crippen LogP contribution is 2.24. The Morgan fingerprint density at radius 1 is 1.19 bits per heavy atom. The molecule has 6 N–H and O–H groups in total. The Morgan fingerprint density at radius 3 is 2.48 bits per heavy atom. The van der Waals surface area contributed by atoms with Gasteiger partial charge in [0, 0.05) is 0 Å². The van der Waals surface area contributed by atoms with Gasteiger partial charge in [-0.2, -0.15) is 4.99 Å². The van der Waals surface area contributed by atoms with Gasteiger partial charge >= 0.3 is 0 Å². The normalized spacial score (nSPS) is 10.6. The number of halogens is 1. The van der Waals surface area contributed by atoms with Gasteiger partial charge in [-0.15, -0.1) is 11.3 Å². The van der Waals surface area contributed by atoms with E-state index in [9.17, 15) is 14.0 Å². The minimum atomic E-state index is -0.523. The van der Waals surface area contributed by atoms with Crippen LogP contribution in [0.3, 0.4) is 0 Å². The molecule has 3 rings (SSSR count). The van der Waals surface area contributed by atoms with Gasteiger partial charge in [0.15, 0.2) is 0 Å². The molecule has 0 atom stereocenters. The maximum atomic E-state index is 13.4. The number of benzene rings is 2. The lowest BCUT2D eigenvalue weighted by molar-refractivity contribution is -0.106. The molecular weight excluding hydrogens is 417 g/mol. The Hall–Kier alpha value is -3.72. The largest absolute Gasteiger partial charge is 0.390 e. The number of thiophene rings is 1. The van der Waals surface area contributed by atoms with E-state index in [1.807, 2.05) is 0 Å². The fourth-order valence-corrected chi connectivity index (χ4v) is 3.25. The van der Waals surface area contributed by atoms with E-state index in [0.717, 1.165) is 17.8 Å². The summed E-state index contributed by atoms with van der Waals surface area (Å²) in [5, 5.41) is 0.249. The van der Waals surface area contributed by atoms with Gasteiger partial charge in [-0.3, -0.25) is 20.4 Å². The second kappa shape index (κ2) is 11.5. The summed E-state index contributed by atoms with van der Waals surface area (Å²) in [6, 6.07) is 15.9. The van der Waals surface area contributed by atoms with Gasteiger partial charge in [-0.25, -0.2) is 4.39 Å². The summed E-state index contributed by atoms with van der Waals surface area (Å²) >= 11 is 0.971. The molecule has 0 fully saturated rings. The minimum absolute atomic E-state index is 0.0788. The van der Waals surface area contributed by atoms with Crippen molar-refractivity contribution < 1.29 is 14.0 Å². The van der Waals surface area contributed by atoms with E-state index >= 15 is 0 Å². The SMILES string of the molecule is CCc1ccc(C)cc1.NC(=NC=O)c1cc(C(=O)NNc2ccccc2F)sc1N. The molecule has 0 aliphatic carbocycles. The Labute approximate surface area is 184 Å². The molecule has 1 heterocycles. The summed E-state index contributed by atoms with van der Waals surface area (Å²) in [6.07, 6.45) is 1.42. The van der Waals surface area contributed by atoms with E-state index in [1.54, 1.807) is 6.07 Å². The van der Waals surface area contributed by atoms with Gasteiger partial charge in [-0.05, 0) is 37.1 Å². The summed E-state index contributed by atoms with van der Waals surface area (Å²) in [5.74, 6) is -1.11. The van der Waals surface area contributed by atoms with Crippen molar-refractivity contribution in [3.63, 3.8) is 0 Å². The number of aryl methyl sites for hydroxylation is 2. The second-order valence-corrected chi connectivity index (χ2v) is 7.49. The number of para-hydroxylation sites is 1. The minimum Gasteiger partial charge on any atom is -0.390 e. The van der Waals surface area contributed by atoms with Crippen molar-refractivity contribution in [1.82, 2.24) is 5.43 Å². The number of amidine groups is 1. The first-order valence-electron chi connectivity index (χ1n) is 9.38. The van der Waals surface area contributed by atoms with Crippen molar-refractivity contribution in [3.05, 3.63) is 82.0 Å². The number of hydrogen-bond acceptors (Lipinski definition) is 5. The molecule has 31 heavy (non-hydrogen) atoms. The van der Waals surface area contributed by atoms with Crippen LogP contribution in [0.1, 0.15) is 33.3 Å². The zero-order valence-electron chi connectivity index (χ0n) is 17.2. The van der Waals surface area contributed by atoms with Gasteiger partial charge < -0.3 is 11.5 Å². The summed E-state index contributed by atoms with van der Waals surface area (Å²) in [7, 11) is 0. The summed E-state index contributed by atoms with van der Waals surface area (Å²) < 4.78 is 13.4. The first-order chi connectivity index (χ1) is 14.8. The van der Waals surface area contributed by atoms with E-state index in [2.05, 4.69) is 54.0 Å². The van der Waals surface area contributed by atoms with Crippen LogP contribution in [0.4, 0.5) is 15.1 Å². The Balaban J connectivity index is 0.000000316. The molecule has 0 aliphatic rings. The summed E-state index contributed by atoms with van der Waals surface area (Å²) in [5.41, 5.74) is 19.3. The van der Waals surface area contributed by atoms with Gasteiger partial charge in [0.1, 0.15) is 11.7 Å². The zero-order valence-corrected chi connectivity index (χ0v) is 18.0. The smallest absolute Gasteiger partial charge is 0.279 e. The number of nitrogens with two attached hydrogens (primary N) is 2. The van der Waals surface area contributed by atoms with Crippen LogP contribution in [0.15, 0.2) is 59.6 Å². The number of carbonyl (C=O) groups is 2. The molecule has 0 aliphatic heterocycles. The molecule has 0 unspecified atom stereocenters. The van der Waals surface area contributed by atoms with E-state index in [4.69, 9.17) is 11.5 Å². The quantitative estimate of drug-likeness (QED) is 0.201. The fraction of sp³-hybridized carbons (Fsp3) is 0.136. The first kappa shape index (κ1) is 23.6. The number of hydrogen-bond donors (Lipinski definition) is 4. The van der Waals surface area contributed by atoms with Gasteiger partial charge in [0.2, 0.25) is 6.41 Å². The maximum absolute atomic E-state index is 13.4. The van der Waals surface area contributed by atoms with Gasteiger partial charge in [0.25, 0.3) is 5.91 Å². The number of anilines is 2. The van der Waals surface area contributed by atoms with Gasteiger partial charge in [0.05, 0.1) is 21.1 Å². The predicted molar refractivity (Wildman–Crippen MR) is 124 cm³/mol. The summed E-state index contributed by atoms with van der Waals surface area (Å²) in [4.78, 5) is 25.9. The van der Waals surface area contributed by atoms with Crippen LogP contribution in [0.25, 0.3) is 0 Å². The maximum Gasteiger partial charge on any atom is 0.279 e. The van der Waals surface area contributed by atoms with Crippen LogP contribution in [0, 0.1) is 12.7 Å². The molecule has 3 aromatic rings. The molecule has 0 saturated heterocycles. The number of hydrazine groups is 1. The van der Waals surface area contributed by atoms with Crippen LogP contribution in [0.5, 0.6) is 0 Å². The van der Waals surface area contributed by atoms with Crippen molar-refractivity contribution in [3.8, 4) is 0 Å². The zero-order chi connectivity index (χ0) is 22.8. The van der Waals surface area contributed by atoms with Crippen molar-refractivity contribution in [2.45, 2.75) is 20.3 Å². The average molecular weight is 442 g/mol. The Bertz CT molecular complexity index is 1060. The molecule has 2 amide bonds. The average Bonchev–Trinajstić information content (AvgIpc) is 3.16. The molecule has 162 valence electrons. The van der Waals surface area contributed by atoms with Crippen molar-refractivity contribution in [2.24, 2.45) is 10.7 Å². The fourth-order valence-electron chi connectivity index (χ4n) is 2.42. The van der Waals surface area contributed by atoms with E-state index in [-0.39, 0.29) is 27.8 Å². The van der Waals surface area contributed by atoms with Crippen LogP contribution in [-0.2, 0) is 11.2 Å². The number of carbonyl (C=O) groups excluding carboxylic acids is 2. The third-order valence-corrected chi connectivity index (χ3v) is 5.13. The highest BCUT2D eigenvalue weighted by Gasteiger charge is 2.15. The summed E-state index contributed by atoms with van der Waals surface area (Å²) in [6.45, 7) is 4.28. The molecule has 0 bridgehead atoms. The molecule has 0 saturated carbocycles. The Kier molecular flexibility index (Phi) is 8.71. The third kappa shape index (κ3) is 6.93. The predicted octanol–water partition coefficient (Wildman–Crippen LogP) is 3.65. The molecule has 1 aromatic heterocycles. The van der Waals surface area contributed by atoms with E-state index < -0.39 is 11.7 Å². The second-order valence-electron chi connectivity index (χ2n) is 6.41. The number of amides is 2. The van der Waals surface area contributed by atoms with Crippen LogP contribution >= 0.6 is 11.3 Å². The lowest BCUT2D eigenvalue weighted by Gasteiger charge is -2.07. The molecule has 0 spiro atoms. The van der Waals surface area contributed by atoms with Crippen molar-refractivity contribution >= 4 is 40.2 Å². The van der Waals surface area contributed by atoms with E-state index in [1.165, 1.54) is 35.4 Å². The highest BCUT2D eigenvalue weighted by molar-refractivity contribution is 7.18. The number of nitrogen functional groups attached to an aromatic ring is 1. The topological polar surface area (TPSA) is 123 Å². The number of nitrogens with zero attached hydrogens (tertiary/aromatic N) is 1. The Morgan fingerprint density at radius 2 is 1.87 bits per heavy atom. The van der Waals surface area contributed by atoms with Crippen molar-refractivity contribution in [1.29, 1.82) is 0 Å². The number of rotatable bonds is 6. The van der Waals surface area contributed by atoms with E-state index in [0.29, 0.717) is 5.56 Å². The van der Waals surface area contributed by atoms with Crippen LogP contribution in [0.2, 0.25) is 0 Å². The standard InChI is InChI=1S/C13H12FN5O2S.C9H12/c14-8-3-1-2-4-9(8)18-19-13(21)10-5-7(12(16)22-10)11(15)17-6-20;1-3-9-6-4-8(2)5-7-9/h1-6,18H,16H2,(H,19,21)(H2,15,17,20);4-7H,3H2,1-2H3.